The fourth-order valence-electron chi connectivity index (χ4n) is 3.27. The average molecular weight is 369 g/mol. The van der Waals surface area contributed by atoms with E-state index in [1.165, 1.54) is 0 Å². The van der Waals surface area contributed by atoms with Crippen LogP contribution in [0.2, 0.25) is 0 Å². The molecule has 1 aliphatic rings. The van der Waals surface area contributed by atoms with Crippen molar-refractivity contribution in [3.8, 4) is 0 Å². The Morgan fingerprint density at radius 3 is 2.04 bits per heavy atom. The van der Waals surface area contributed by atoms with Gasteiger partial charge in [-0.25, -0.2) is 0 Å². The third-order valence-corrected chi connectivity index (χ3v) is 5.10. The van der Waals surface area contributed by atoms with Crippen LogP contribution >= 0.6 is 0 Å². The van der Waals surface area contributed by atoms with Crippen molar-refractivity contribution >= 4 is 23.3 Å². The largest absolute Gasteiger partial charge is 0.360 e. The summed E-state index contributed by atoms with van der Waals surface area (Å²) < 4.78 is 4.97. The standard InChI is InChI=1S/C21H27N3O3/c1-12(2)15-7-6-8-16(13(3)4)18(15)23-20(26)21(9-10-21)19(25)22-17-11-14(5)27-24-17/h6-8,11-13H,9-10H2,1-5H3,(H,23,26)(H,22,24,25). The fraction of sp³-hybridized carbons (Fsp3) is 0.476. The SMILES string of the molecule is Cc1cc(NC(=O)C2(C(=O)Nc3c(C(C)C)cccc3C(C)C)CC2)no1. The Morgan fingerprint density at radius 1 is 1.04 bits per heavy atom. The quantitative estimate of drug-likeness (QED) is 0.730. The molecule has 0 bridgehead atoms. The molecule has 0 unspecified atom stereocenters. The maximum atomic E-state index is 13.1. The van der Waals surface area contributed by atoms with Crippen molar-refractivity contribution in [1.82, 2.24) is 5.16 Å². The van der Waals surface area contributed by atoms with Crippen molar-refractivity contribution in [3.05, 3.63) is 41.2 Å². The lowest BCUT2D eigenvalue weighted by Gasteiger charge is -2.22. The summed E-state index contributed by atoms with van der Waals surface area (Å²) in [4.78, 5) is 25.8. The molecule has 2 amide bonds. The number of para-hydroxylation sites is 1. The Balaban J connectivity index is 1.84. The number of amides is 2. The van der Waals surface area contributed by atoms with Gasteiger partial charge in [-0.2, -0.15) is 0 Å². The minimum Gasteiger partial charge on any atom is -0.360 e. The zero-order valence-electron chi connectivity index (χ0n) is 16.6. The summed E-state index contributed by atoms with van der Waals surface area (Å²) in [6.45, 7) is 10.1. The van der Waals surface area contributed by atoms with E-state index in [2.05, 4.69) is 43.5 Å². The zero-order chi connectivity index (χ0) is 19.8. The molecule has 1 aromatic carbocycles. The number of hydrogen-bond acceptors (Lipinski definition) is 4. The van der Waals surface area contributed by atoms with Crippen molar-refractivity contribution in [2.75, 3.05) is 10.6 Å². The maximum absolute atomic E-state index is 13.1. The van der Waals surface area contributed by atoms with Gasteiger partial charge in [0.25, 0.3) is 0 Å². The monoisotopic (exact) mass is 369 g/mol. The van der Waals surface area contributed by atoms with Crippen molar-refractivity contribution in [2.45, 2.75) is 59.3 Å². The number of nitrogens with one attached hydrogen (secondary N) is 2. The molecule has 0 radical (unpaired) electrons. The molecule has 27 heavy (non-hydrogen) atoms. The average Bonchev–Trinajstić information content (AvgIpc) is 3.33. The second-order valence-corrected chi connectivity index (χ2v) is 7.93. The van der Waals surface area contributed by atoms with E-state index in [0.717, 1.165) is 16.8 Å². The summed E-state index contributed by atoms with van der Waals surface area (Å²) in [5.74, 6) is 0.882. The molecule has 2 N–H and O–H groups in total. The van der Waals surface area contributed by atoms with Crippen molar-refractivity contribution in [3.63, 3.8) is 0 Å². The predicted molar refractivity (Wildman–Crippen MR) is 105 cm³/mol. The maximum Gasteiger partial charge on any atom is 0.241 e. The van der Waals surface area contributed by atoms with Gasteiger partial charge in [-0.1, -0.05) is 51.1 Å². The second-order valence-electron chi connectivity index (χ2n) is 7.93. The van der Waals surface area contributed by atoms with Gasteiger partial charge in [-0.05, 0) is 42.7 Å². The number of aryl methyl sites for hydroxylation is 1. The second kappa shape index (κ2) is 7.18. The van der Waals surface area contributed by atoms with Crippen LogP contribution in [0.3, 0.4) is 0 Å². The smallest absolute Gasteiger partial charge is 0.241 e. The van der Waals surface area contributed by atoms with Crippen molar-refractivity contribution in [2.24, 2.45) is 5.41 Å². The van der Waals surface area contributed by atoms with E-state index < -0.39 is 5.41 Å². The van der Waals surface area contributed by atoms with Crippen LogP contribution in [0, 0.1) is 12.3 Å². The Morgan fingerprint density at radius 2 is 1.59 bits per heavy atom. The molecule has 1 aromatic heterocycles. The molecule has 1 aliphatic carbocycles. The first-order valence-corrected chi connectivity index (χ1v) is 9.43. The van der Waals surface area contributed by atoms with E-state index in [1.807, 2.05) is 18.2 Å². The molecule has 144 valence electrons. The van der Waals surface area contributed by atoms with E-state index in [0.29, 0.717) is 24.4 Å². The van der Waals surface area contributed by atoms with E-state index in [1.54, 1.807) is 13.0 Å². The summed E-state index contributed by atoms with van der Waals surface area (Å²) in [6, 6.07) is 7.72. The molecule has 6 nitrogen and oxygen atoms in total. The molecule has 2 aromatic rings. The van der Waals surface area contributed by atoms with Crippen molar-refractivity contribution < 1.29 is 14.1 Å². The summed E-state index contributed by atoms with van der Waals surface area (Å²) in [6.07, 6.45) is 1.06. The molecule has 6 heteroatoms. The lowest BCUT2D eigenvalue weighted by molar-refractivity contribution is -0.131. The Kier molecular flexibility index (Phi) is 5.09. The predicted octanol–water partition coefficient (Wildman–Crippen LogP) is 4.59. The lowest BCUT2D eigenvalue weighted by atomic mass is 9.92. The highest BCUT2D eigenvalue weighted by Crippen LogP contribution is 2.48. The van der Waals surface area contributed by atoms with Crippen LogP contribution < -0.4 is 10.6 Å². The topological polar surface area (TPSA) is 84.2 Å². The van der Waals surface area contributed by atoms with Crippen LogP contribution in [-0.2, 0) is 9.59 Å². The summed E-state index contributed by atoms with van der Waals surface area (Å²) in [7, 11) is 0. The number of rotatable bonds is 6. The first-order chi connectivity index (χ1) is 12.7. The van der Waals surface area contributed by atoms with Crippen LogP contribution in [0.5, 0.6) is 0 Å². The molecule has 3 rings (SSSR count). The number of anilines is 2. The number of hydrogen-bond donors (Lipinski definition) is 2. The number of benzene rings is 1. The molecule has 1 heterocycles. The number of aromatic nitrogens is 1. The Labute approximate surface area is 159 Å². The van der Waals surface area contributed by atoms with Crippen molar-refractivity contribution in [1.29, 1.82) is 0 Å². The van der Waals surface area contributed by atoms with Gasteiger partial charge in [-0.3, -0.25) is 9.59 Å². The van der Waals surface area contributed by atoms with Gasteiger partial charge in [0.15, 0.2) is 5.82 Å². The highest BCUT2D eigenvalue weighted by Gasteiger charge is 2.57. The summed E-state index contributed by atoms with van der Waals surface area (Å²) in [5.41, 5.74) is 1.96. The van der Waals surface area contributed by atoms with Gasteiger partial charge in [0.1, 0.15) is 11.2 Å². The van der Waals surface area contributed by atoms with Gasteiger partial charge >= 0.3 is 0 Å². The first kappa shape index (κ1) is 19.1. The highest BCUT2D eigenvalue weighted by molar-refractivity contribution is 6.17. The minimum absolute atomic E-state index is 0.254. The molecule has 0 saturated heterocycles. The molecule has 0 spiro atoms. The van der Waals surface area contributed by atoms with Gasteiger partial charge in [0.2, 0.25) is 11.8 Å². The third-order valence-electron chi connectivity index (χ3n) is 5.10. The summed E-state index contributed by atoms with van der Waals surface area (Å²) in [5, 5.41) is 9.55. The van der Waals surface area contributed by atoms with E-state index >= 15 is 0 Å². The third kappa shape index (κ3) is 3.75. The molecular formula is C21H27N3O3. The number of carbonyl (C=O) groups is 2. The van der Waals surface area contributed by atoms with E-state index in [-0.39, 0.29) is 23.7 Å². The molecular weight excluding hydrogens is 342 g/mol. The Hall–Kier alpha value is -2.63. The van der Waals surface area contributed by atoms with E-state index in [4.69, 9.17) is 4.52 Å². The number of nitrogens with zero attached hydrogens (tertiary/aromatic N) is 1. The van der Waals surface area contributed by atoms with Gasteiger partial charge in [-0.15, -0.1) is 0 Å². The van der Waals surface area contributed by atoms with Crippen LogP contribution in [0.15, 0.2) is 28.8 Å². The van der Waals surface area contributed by atoms with Crippen LogP contribution in [-0.4, -0.2) is 17.0 Å². The molecule has 0 aliphatic heterocycles. The lowest BCUT2D eigenvalue weighted by Crippen LogP contribution is -2.36. The van der Waals surface area contributed by atoms with E-state index in [9.17, 15) is 9.59 Å². The highest BCUT2D eigenvalue weighted by atomic mass is 16.5. The summed E-state index contributed by atoms with van der Waals surface area (Å²) >= 11 is 0. The first-order valence-electron chi connectivity index (χ1n) is 9.43. The normalized spacial score (nSPS) is 15.1. The fourth-order valence-corrected chi connectivity index (χ4v) is 3.27. The molecule has 0 atom stereocenters. The zero-order valence-corrected chi connectivity index (χ0v) is 16.6. The molecule has 1 fully saturated rings. The Bertz CT molecular complexity index is 837. The number of carbonyl (C=O) groups excluding carboxylic acids is 2. The van der Waals surface area contributed by atoms with Crippen LogP contribution in [0.25, 0.3) is 0 Å². The van der Waals surface area contributed by atoms with Gasteiger partial charge in [0, 0.05) is 11.8 Å². The van der Waals surface area contributed by atoms with Gasteiger partial charge in [0.05, 0.1) is 0 Å². The van der Waals surface area contributed by atoms with Gasteiger partial charge < -0.3 is 15.2 Å². The minimum atomic E-state index is -1.04. The van der Waals surface area contributed by atoms with Crippen LogP contribution in [0.4, 0.5) is 11.5 Å². The molecule has 1 saturated carbocycles. The van der Waals surface area contributed by atoms with Crippen LogP contribution in [0.1, 0.15) is 69.3 Å².